The topological polar surface area (TPSA) is 123 Å². The average Bonchev–Trinajstić information content (AvgIpc) is 2.91. The van der Waals surface area contributed by atoms with Gasteiger partial charge in [-0.25, -0.2) is 9.69 Å². The number of hydrogen-bond donors (Lipinski definition) is 2. The van der Waals surface area contributed by atoms with Crippen LogP contribution in [0.5, 0.6) is 17.2 Å². The number of nitrogens with zero attached hydrogens (tertiary/aromatic N) is 1. The number of hydrogen-bond acceptors (Lipinski definition) is 7. The minimum atomic E-state index is -0.852. The van der Waals surface area contributed by atoms with Gasteiger partial charge in [0.15, 0.2) is 18.1 Å². The third kappa shape index (κ3) is 6.42. The lowest BCUT2D eigenvalue weighted by molar-refractivity contribution is -0.122. The lowest BCUT2D eigenvalue weighted by Gasteiger charge is -2.26. The van der Waals surface area contributed by atoms with E-state index in [0.717, 1.165) is 10.5 Å². The molecule has 10 nitrogen and oxygen atoms in total. The van der Waals surface area contributed by atoms with Gasteiger partial charge in [0.05, 0.1) is 19.4 Å². The number of amides is 5. The largest absolute Gasteiger partial charge is 0.497 e. The molecule has 0 radical (unpaired) electrons. The zero-order chi connectivity index (χ0) is 27.9. The number of rotatable bonds is 9. The summed E-state index contributed by atoms with van der Waals surface area (Å²) in [6.07, 6.45) is 1.36. The molecule has 0 unspecified atom stereocenters. The predicted molar refractivity (Wildman–Crippen MR) is 145 cm³/mol. The predicted octanol–water partition coefficient (Wildman–Crippen LogP) is 4.09. The van der Waals surface area contributed by atoms with Gasteiger partial charge in [-0.3, -0.25) is 19.7 Å². The number of urea groups is 1. The van der Waals surface area contributed by atoms with Crippen molar-refractivity contribution in [2.45, 2.75) is 13.8 Å². The van der Waals surface area contributed by atoms with Gasteiger partial charge in [0, 0.05) is 5.69 Å². The maximum Gasteiger partial charge on any atom is 0.335 e. The first kappa shape index (κ1) is 26.9. The Morgan fingerprint density at radius 1 is 0.974 bits per heavy atom. The third-order valence-electron chi connectivity index (χ3n) is 5.67. The van der Waals surface area contributed by atoms with Gasteiger partial charge in [-0.1, -0.05) is 18.2 Å². The van der Waals surface area contributed by atoms with Gasteiger partial charge in [-0.05, 0) is 79.6 Å². The summed E-state index contributed by atoms with van der Waals surface area (Å²) in [7, 11) is 1.50. The molecule has 39 heavy (non-hydrogen) atoms. The number of anilines is 2. The van der Waals surface area contributed by atoms with E-state index in [1.54, 1.807) is 43.3 Å². The first-order valence-electron chi connectivity index (χ1n) is 12.1. The Bertz CT molecular complexity index is 1450. The van der Waals surface area contributed by atoms with Crippen molar-refractivity contribution in [1.29, 1.82) is 0 Å². The minimum absolute atomic E-state index is 0.237. The van der Waals surface area contributed by atoms with Crippen LogP contribution in [0.25, 0.3) is 6.08 Å². The summed E-state index contributed by atoms with van der Waals surface area (Å²) < 4.78 is 16.5. The standard InChI is InChI=1S/C29H27N3O7/c1-4-38-25-16-19(8-13-24(25)39-17-26(33)30-20-7-5-6-18(2)14-20)15-23-27(34)31-29(36)32(28(23)35)21-9-11-22(37-3)12-10-21/h5-16H,4,17H2,1-3H3,(H,30,33)(H,31,34,36)/b23-15+. The van der Waals surface area contributed by atoms with Crippen molar-refractivity contribution in [3.63, 3.8) is 0 Å². The second-order valence-electron chi connectivity index (χ2n) is 8.50. The maximum absolute atomic E-state index is 13.2. The molecule has 0 aliphatic carbocycles. The number of benzene rings is 3. The molecule has 0 spiro atoms. The first-order chi connectivity index (χ1) is 18.8. The Morgan fingerprint density at radius 3 is 2.44 bits per heavy atom. The molecule has 0 atom stereocenters. The van der Waals surface area contributed by atoms with E-state index in [2.05, 4.69) is 10.6 Å². The Labute approximate surface area is 225 Å². The fourth-order valence-corrected chi connectivity index (χ4v) is 3.86. The second-order valence-corrected chi connectivity index (χ2v) is 8.50. The van der Waals surface area contributed by atoms with E-state index in [4.69, 9.17) is 14.2 Å². The van der Waals surface area contributed by atoms with Gasteiger partial charge < -0.3 is 19.5 Å². The van der Waals surface area contributed by atoms with E-state index in [0.29, 0.717) is 35.1 Å². The van der Waals surface area contributed by atoms with Gasteiger partial charge >= 0.3 is 6.03 Å². The molecule has 0 bridgehead atoms. The van der Waals surface area contributed by atoms with Crippen molar-refractivity contribution in [2.75, 3.05) is 30.5 Å². The lowest BCUT2D eigenvalue weighted by Crippen LogP contribution is -2.54. The molecule has 1 heterocycles. The number of ether oxygens (including phenoxy) is 3. The summed E-state index contributed by atoms with van der Waals surface area (Å²) in [6, 6.07) is 17.6. The maximum atomic E-state index is 13.2. The normalized spacial score (nSPS) is 14.2. The van der Waals surface area contributed by atoms with Crippen molar-refractivity contribution in [3.05, 3.63) is 83.4 Å². The Kier molecular flexibility index (Phi) is 8.25. The van der Waals surface area contributed by atoms with E-state index in [1.165, 1.54) is 25.3 Å². The van der Waals surface area contributed by atoms with E-state index in [9.17, 15) is 19.2 Å². The number of barbiturate groups is 1. The number of imide groups is 2. The number of carbonyl (C=O) groups is 4. The molecule has 3 aromatic rings. The van der Waals surface area contributed by atoms with E-state index >= 15 is 0 Å². The summed E-state index contributed by atoms with van der Waals surface area (Å²) in [5, 5.41) is 4.96. The van der Waals surface area contributed by atoms with Crippen LogP contribution < -0.4 is 29.7 Å². The minimum Gasteiger partial charge on any atom is -0.497 e. The highest BCUT2D eigenvalue weighted by molar-refractivity contribution is 6.39. The quantitative estimate of drug-likeness (QED) is 0.316. The van der Waals surface area contributed by atoms with Crippen LogP contribution in [0.4, 0.5) is 16.2 Å². The van der Waals surface area contributed by atoms with Crippen molar-refractivity contribution < 1.29 is 33.4 Å². The van der Waals surface area contributed by atoms with Crippen LogP contribution in [0.1, 0.15) is 18.1 Å². The van der Waals surface area contributed by atoms with Crippen LogP contribution in [0.3, 0.4) is 0 Å². The highest BCUT2D eigenvalue weighted by atomic mass is 16.5. The van der Waals surface area contributed by atoms with Crippen molar-refractivity contribution in [3.8, 4) is 17.2 Å². The summed E-state index contributed by atoms with van der Waals surface area (Å²) in [4.78, 5) is 51.4. The van der Waals surface area contributed by atoms with E-state index in [-0.39, 0.29) is 23.8 Å². The Morgan fingerprint density at radius 2 is 1.74 bits per heavy atom. The Hall–Kier alpha value is -5.12. The molecule has 0 saturated carbocycles. The van der Waals surface area contributed by atoms with Gasteiger partial charge in [-0.2, -0.15) is 0 Å². The fourth-order valence-electron chi connectivity index (χ4n) is 3.86. The smallest absolute Gasteiger partial charge is 0.335 e. The van der Waals surface area contributed by atoms with Crippen LogP contribution in [0.15, 0.2) is 72.3 Å². The average molecular weight is 530 g/mol. The van der Waals surface area contributed by atoms with E-state index in [1.807, 2.05) is 25.1 Å². The zero-order valence-electron chi connectivity index (χ0n) is 21.6. The second kappa shape index (κ2) is 12.0. The highest BCUT2D eigenvalue weighted by Gasteiger charge is 2.36. The van der Waals surface area contributed by atoms with Crippen LogP contribution in [0.2, 0.25) is 0 Å². The zero-order valence-corrected chi connectivity index (χ0v) is 21.6. The molecule has 2 N–H and O–H groups in total. The number of methoxy groups -OCH3 is 1. The van der Waals surface area contributed by atoms with Gasteiger partial charge in [-0.15, -0.1) is 0 Å². The number of carbonyl (C=O) groups excluding carboxylic acids is 4. The van der Waals surface area contributed by atoms with Gasteiger partial charge in [0.25, 0.3) is 17.7 Å². The van der Waals surface area contributed by atoms with Crippen LogP contribution in [0, 0.1) is 6.92 Å². The summed E-state index contributed by atoms with van der Waals surface area (Å²) in [5.74, 6) is -0.758. The Balaban J connectivity index is 1.53. The molecule has 4 rings (SSSR count). The molecule has 0 aromatic heterocycles. The summed E-state index contributed by atoms with van der Waals surface area (Å²) >= 11 is 0. The van der Waals surface area contributed by atoms with E-state index < -0.39 is 17.8 Å². The molecule has 1 aliphatic rings. The van der Waals surface area contributed by atoms with Gasteiger partial charge in [0.2, 0.25) is 0 Å². The molecule has 3 aromatic carbocycles. The van der Waals surface area contributed by atoms with Crippen molar-refractivity contribution >= 4 is 41.2 Å². The van der Waals surface area contributed by atoms with Crippen LogP contribution in [-0.2, 0) is 14.4 Å². The first-order valence-corrected chi connectivity index (χ1v) is 12.1. The molecule has 1 saturated heterocycles. The SMILES string of the molecule is CCOc1cc(/C=C2\C(=O)NC(=O)N(c3ccc(OC)cc3)C2=O)ccc1OCC(=O)Nc1cccc(C)c1. The molecular formula is C29H27N3O7. The molecule has 10 heteroatoms. The van der Waals surface area contributed by atoms with Gasteiger partial charge in [0.1, 0.15) is 11.3 Å². The lowest BCUT2D eigenvalue weighted by atomic mass is 10.1. The number of aryl methyl sites for hydroxylation is 1. The van der Waals surface area contributed by atoms with Crippen LogP contribution >= 0.6 is 0 Å². The highest BCUT2D eigenvalue weighted by Crippen LogP contribution is 2.30. The molecule has 1 aliphatic heterocycles. The summed E-state index contributed by atoms with van der Waals surface area (Å²) in [6.45, 7) is 3.77. The van der Waals surface area contributed by atoms with Crippen molar-refractivity contribution in [1.82, 2.24) is 5.32 Å². The number of nitrogens with one attached hydrogen (secondary N) is 2. The van der Waals surface area contributed by atoms with Crippen molar-refractivity contribution in [2.24, 2.45) is 0 Å². The third-order valence-corrected chi connectivity index (χ3v) is 5.67. The molecule has 200 valence electrons. The monoisotopic (exact) mass is 529 g/mol. The van der Waals surface area contributed by atoms with Crippen LogP contribution in [-0.4, -0.2) is 44.1 Å². The fraction of sp³-hybridized carbons (Fsp3) is 0.172. The molecule has 1 fully saturated rings. The summed E-state index contributed by atoms with van der Waals surface area (Å²) in [5.41, 5.74) is 2.17. The molecule has 5 amide bonds. The molecular weight excluding hydrogens is 502 g/mol.